The van der Waals surface area contributed by atoms with Crippen molar-refractivity contribution in [3.8, 4) is 23.3 Å². The number of hydrogen-bond donors (Lipinski definition) is 1. The molecule has 1 fully saturated rings. The minimum Gasteiger partial charge on any atom is -0.530 e. The molecule has 0 bridgehead atoms. The Balaban J connectivity index is 1.81. The highest BCUT2D eigenvalue weighted by Crippen LogP contribution is 2.46. The highest BCUT2D eigenvalue weighted by molar-refractivity contribution is 5.63. The minimum atomic E-state index is -1.25. The molecular weight excluding hydrogens is 401 g/mol. The van der Waals surface area contributed by atoms with Crippen molar-refractivity contribution in [1.82, 2.24) is 4.90 Å². The summed E-state index contributed by atoms with van der Waals surface area (Å²) in [5.74, 6) is 6.19. The Labute approximate surface area is 181 Å². The highest BCUT2D eigenvalue weighted by atomic mass is 19.1. The van der Waals surface area contributed by atoms with E-state index in [-0.39, 0.29) is 31.4 Å². The summed E-state index contributed by atoms with van der Waals surface area (Å²) in [7, 11) is 1.53. The number of carbonyl (C=O) groups excluding carboxylic acids is 1. The monoisotopic (exact) mass is 426 g/mol. The van der Waals surface area contributed by atoms with E-state index in [1.165, 1.54) is 24.1 Å². The molecule has 1 saturated heterocycles. The van der Waals surface area contributed by atoms with Crippen LogP contribution in [0.25, 0.3) is 0 Å². The van der Waals surface area contributed by atoms with Crippen molar-refractivity contribution in [2.75, 3.05) is 26.8 Å². The molecule has 0 saturated carbocycles. The Hall–Kier alpha value is -3.24. The third-order valence-electron chi connectivity index (χ3n) is 5.91. The predicted molar refractivity (Wildman–Crippen MR) is 111 cm³/mol. The van der Waals surface area contributed by atoms with Crippen LogP contribution in [-0.2, 0) is 0 Å². The highest BCUT2D eigenvalue weighted by Gasteiger charge is 2.47. The van der Waals surface area contributed by atoms with E-state index in [9.17, 15) is 19.4 Å². The number of nitrogens with zero attached hydrogens (tertiary/aromatic N) is 1. The number of hydrogen-bond acceptors (Lipinski definition) is 5. The second kappa shape index (κ2) is 9.27. The summed E-state index contributed by atoms with van der Waals surface area (Å²) in [5.41, 5.74) is 0.829. The molecule has 3 unspecified atom stereocenters. The summed E-state index contributed by atoms with van der Waals surface area (Å²) in [6, 6.07) is 11.2. The normalized spacial score (nSPS) is 21.2. The first-order valence-corrected chi connectivity index (χ1v) is 9.93. The molecule has 7 heteroatoms. The summed E-state index contributed by atoms with van der Waals surface area (Å²) >= 11 is 0. The molecule has 0 spiro atoms. The molecule has 1 aliphatic heterocycles. The van der Waals surface area contributed by atoms with Gasteiger partial charge in [-0.05, 0) is 48.9 Å². The molecule has 1 N–H and O–H groups in total. The van der Waals surface area contributed by atoms with Gasteiger partial charge in [-0.1, -0.05) is 24.8 Å². The minimum absolute atomic E-state index is 0.0840. The van der Waals surface area contributed by atoms with Crippen molar-refractivity contribution in [3.05, 3.63) is 59.4 Å². The van der Waals surface area contributed by atoms with Gasteiger partial charge in [0.05, 0.1) is 13.2 Å². The quantitative estimate of drug-likeness (QED) is 0.743. The lowest BCUT2D eigenvalue weighted by Gasteiger charge is -2.34. The van der Waals surface area contributed by atoms with Gasteiger partial charge in [0.2, 0.25) is 0 Å². The zero-order valence-electron chi connectivity index (χ0n) is 17.7. The molecular formula is C24H25FNO5-. The molecule has 1 heterocycles. The number of ether oxygens (including phenoxy) is 2. The van der Waals surface area contributed by atoms with Crippen LogP contribution in [0.2, 0.25) is 0 Å². The largest absolute Gasteiger partial charge is 0.530 e. The number of rotatable bonds is 5. The van der Waals surface area contributed by atoms with E-state index in [4.69, 9.17) is 9.47 Å². The fourth-order valence-corrected chi connectivity index (χ4v) is 3.87. The number of benzene rings is 2. The number of aliphatic hydroxyl groups is 1. The molecule has 2 aromatic rings. The van der Waals surface area contributed by atoms with E-state index in [0.717, 1.165) is 5.56 Å². The van der Waals surface area contributed by atoms with Crippen molar-refractivity contribution in [3.63, 3.8) is 0 Å². The molecule has 164 valence electrons. The van der Waals surface area contributed by atoms with Crippen molar-refractivity contribution in [2.24, 2.45) is 5.41 Å². The zero-order chi connectivity index (χ0) is 22.6. The van der Waals surface area contributed by atoms with Crippen LogP contribution in [0.4, 0.5) is 9.18 Å². The zero-order valence-corrected chi connectivity index (χ0v) is 17.7. The van der Waals surface area contributed by atoms with Gasteiger partial charge in [0.1, 0.15) is 18.5 Å². The Morgan fingerprint density at radius 3 is 2.65 bits per heavy atom. The number of methoxy groups -OCH3 is 1. The van der Waals surface area contributed by atoms with Gasteiger partial charge in [-0.3, -0.25) is 0 Å². The Morgan fingerprint density at radius 1 is 1.32 bits per heavy atom. The molecule has 1 amide bonds. The standard InChI is InChI=1S/C24H26FNO5/c1-16(27)24(2)15-26(23(28)29)14-20(24)18-8-11-21(30-3)22(13-18)31-12-4-5-17-6-9-19(25)10-7-17/h6-11,13,16,20,27H,12,14-15H2,1-3H3,(H,28,29)/p-1. The van der Waals surface area contributed by atoms with Crippen LogP contribution in [-0.4, -0.2) is 49.0 Å². The SMILES string of the molecule is COc1ccc(C2CN(C(=O)[O-])CC2(C)C(C)O)cc1OCC#Cc1ccc(F)cc1. The van der Waals surface area contributed by atoms with Gasteiger partial charge in [-0.2, -0.15) is 0 Å². The van der Waals surface area contributed by atoms with Crippen LogP contribution in [0.3, 0.4) is 0 Å². The number of aliphatic hydroxyl groups excluding tert-OH is 1. The van der Waals surface area contributed by atoms with Gasteiger partial charge in [0.15, 0.2) is 11.5 Å². The number of likely N-dealkylation sites (tertiary alicyclic amines) is 1. The second-order valence-corrected chi connectivity index (χ2v) is 7.89. The summed E-state index contributed by atoms with van der Waals surface area (Å²) in [5, 5.41) is 21.8. The fourth-order valence-electron chi connectivity index (χ4n) is 3.87. The first-order chi connectivity index (χ1) is 14.7. The van der Waals surface area contributed by atoms with Gasteiger partial charge >= 0.3 is 0 Å². The van der Waals surface area contributed by atoms with Crippen LogP contribution < -0.4 is 14.6 Å². The maximum Gasteiger partial charge on any atom is 0.162 e. The smallest absolute Gasteiger partial charge is 0.162 e. The first-order valence-electron chi connectivity index (χ1n) is 9.93. The molecule has 3 atom stereocenters. The van der Waals surface area contributed by atoms with Gasteiger partial charge in [-0.25, -0.2) is 4.39 Å². The lowest BCUT2D eigenvalue weighted by Crippen LogP contribution is -2.42. The Bertz CT molecular complexity index is 995. The van der Waals surface area contributed by atoms with Crippen LogP contribution in [0.1, 0.15) is 30.9 Å². The molecule has 3 rings (SSSR count). The second-order valence-electron chi connectivity index (χ2n) is 7.89. The number of halogens is 1. The van der Waals surface area contributed by atoms with Gasteiger partial charge in [0, 0.05) is 30.0 Å². The summed E-state index contributed by atoms with van der Waals surface area (Å²) < 4.78 is 24.1. The van der Waals surface area contributed by atoms with Crippen LogP contribution in [0.15, 0.2) is 42.5 Å². The maximum atomic E-state index is 13.0. The van der Waals surface area contributed by atoms with E-state index in [2.05, 4.69) is 11.8 Å². The van der Waals surface area contributed by atoms with E-state index < -0.39 is 17.6 Å². The third kappa shape index (κ3) is 4.92. The third-order valence-corrected chi connectivity index (χ3v) is 5.91. The summed E-state index contributed by atoms with van der Waals surface area (Å²) in [4.78, 5) is 12.6. The van der Waals surface area contributed by atoms with Gasteiger partial charge < -0.3 is 29.4 Å². The molecule has 0 aliphatic carbocycles. The topological polar surface area (TPSA) is 82.1 Å². The average molecular weight is 426 g/mol. The molecule has 0 radical (unpaired) electrons. The van der Waals surface area contributed by atoms with E-state index in [1.807, 2.05) is 13.0 Å². The number of carboxylic acid groups (broad SMARTS) is 1. The van der Waals surface area contributed by atoms with Gasteiger partial charge in [-0.15, -0.1) is 0 Å². The van der Waals surface area contributed by atoms with Gasteiger partial charge in [0.25, 0.3) is 0 Å². The molecule has 1 aliphatic rings. The number of carbonyl (C=O) groups is 1. The van der Waals surface area contributed by atoms with Crippen molar-refractivity contribution in [2.45, 2.75) is 25.9 Å². The first kappa shape index (κ1) is 22.4. The van der Waals surface area contributed by atoms with Crippen molar-refractivity contribution >= 4 is 6.09 Å². The van der Waals surface area contributed by atoms with E-state index in [1.54, 1.807) is 31.2 Å². The van der Waals surface area contributed by atoms with Crippen molar-refractivity contribution < 1.29 is 28.9 Å². The maximum absolute atomic E-state index is 13.0. The molecule has 6 nitrogen and oxygen atoms in total. The molecule has 0 aromatic heterocycles. The Morgan fingerprint density at radius 2 is 2.03 bits per heavy atom. The molecule has 31 heavy (non-hydrogen) atoms. The van der Waals surface area contributed by atoms with Crippen LogP contribution >= 0.6 is 0 Å². The lowest BCUT2D eigenvalue weighted by atomic mass is 9.72. The Kier molecular flexibility index (Phi) is 6.71. The van der Waals surface area contributed by atoms with E-state index in [0.29, 0.717) is 17.1 Å². The average Bonchev–Trinajstić information content (AvgIpc) is 3.12. The summed E-state index contributed by atoms with van der Waals surface area (Å²) in [6.07, 6.45) is -1.98. The predicted octanol–water partition coefficient (Wildman–Crippen LogP) is 2.39. The number of amides is 1. The fraction of sp³-hybridized carbons (Fsp3) is 0.375. The molecule has 2 aromatic carbocycles. The lowest BCUT2D eigenvalue weighted by molar-refractivity contribution is -0.264. The van der Waals surface area contributed by atoms with Crippen molar-refractivity contribution in [1.29, 1.82) is 0 Å². The summed E-state index contributed by atoms with van der Waals surface area (Å²) in [6.45, 7) is 4.02. The van der Waals surface area contributed by atoms with Crippen LogP contribution in [0, 0.1) is 23.1 Å². The van der Waals surface area contributed by atoms with Crippen LogP contribution in [0.5, 0.6) is 11.5 Å². The van der Waals surface area contributed by atoms with E-state index >= 15 is 0 Å².